The third kappa shape index (κ3) is 3.96. The zero-order valence-corrected chi connectivity index (χ0v) is 22.6. The van der Waals surface area contributed by atoms with Crippen molar-refractivity contribution < 1.29 is 14.7 Å². The highest BCUT2D eigenvalue weighted by Crippen LogP contribution is 2.62. The van der Waals surface area contributed by atoms with Gasteiger partial charge >= 0.3 is 0 Å². The van der Waals surface area contributed by atoms with Crippen molar-refractivity contribution in [2.45, 2.75) is 18.4 Å². The van der Waals surface area contributed by atoms with Gasteiger partial charge in [-0.25, -0.2) is 19.6 Å². The topological polar surface area (TPSA) is 154 Å². The average molecular weight is 569 g/mol. The second-order valence-electron chi connectivity index (χ2n) is 10.8. The molecule has 4 heterocycles. The lowest BCUT2D eigenvalue weighted by molar-refractivity contribution is 0.0933. The SMILES string of the molecule is Nc1ncccc1-c1nc2ccc(-n3cccn3)nc2n1-c1ccc2c(c1)C1CC1C2NC(=O)c1ccc(O)c(C=O)c1. The van der Waals surface area contributed by atoms with Crippen LogP contribution in [0.2, 0.25) is 0 Å². The minimum absolute atomic E-state index is 0.0790. The molecule has 2 aliphatic rings. The van der Waals surface area contributed by atoms with Crippen molar-refractivity contribution in [1.82, 2.24) is 34.6 Å². The number of rotatable bonds is 6. The number of aromatic hydroxyl groups is 1. The fourth-order valence-corrected chi connectivity index (χ4v) is 6.19. The number of carbonyl (C=O) groups excluding carboxylic acids is 2. The first kappa shape index (κ1) is 24.9. The summed E-state index contributed by atoms with van der Waals surface area (Å²) in [5.41, 5.74) is 11.9. The number of anilines is 1. The third-order valence-electron chi connectivity index (χ3n) is 8.34. The van der Waals surface area contributed by atoms with Crippen molar-refractivity contribution in [3.05, 3.63) is 108 Å². The molecule has 0 radical (unpaired) electrons. The number of nitrogen functional groups attached to an aromatic ring is 1. The largest absolute Gasteiger partial charge is 0.507 e. The summed E-state index contributed by atoms with van der Waals surface area (Å²) >= 11 is 0. The van der Waals surface area contributed by atoms with Crippen LogP contribution in [0.1, 0.15) is 50.2 Å². The Kier molecular flexibility index (Phi) is 5.42. The maximum Gasteiger partial charge on any atom is 0.251 e. The molecule has 2 aromatic carbocycles. The lowest BCUT2D eigenvalue weighted by Gasteiger charge is -2.18. The van der Waals surface area contributed by atoms with Gasteiger partial charge in [0.05, 0.1) is 17.2 Å². The molecule has 43 heavy (non-hydrogen) atoms. The van der Waals surface area contributed by atoms with Gasteiger partial charge in [-0.05, 0) is 90.0 Å². The molecule has 0 bridgehead atoms. The van der Waals surface area contributed by atoms with Crippen LogP contribution in [0.3, 0.4) is 0 Å². The van der Waals surface area contributed by atoms with Crippen LogP contribution < -0.4 is 11.1 Å². The maximum absolute atomic E-state index is 13.2. The average Bonchev–Trinajstić information content (AvgIpc) is 3.33. The molecule has 0 spiro atoms. The van der Waals surface area contributed by atoms with E-state index < -0.39 is 0 Å². The molecule has 4 N–H and O–H groups in total. The van der Waals surface area contributed by atoms with Gasteiger partial charge in [0.15, 0.2) is 23.6 Å². The molecule has 3 atom stereocenters. The molecule has 2 aliphatic carbocycles. The molecule has 1 saturated carbocycles. The lowest BCUT2D eigenvalue weighted by Crippen LogP contribution is -2.29. The monoisotopic (exact) mass is 568 g/mol. The van der Waals surface area contributed by atoms with E-state index in [1.165, 1.54) is 23.8 Å². The Morgan fingerprint density at radius 3 is 2.74 bits per heavy atom. The lowest BCUT2D eigenvalue weighted by atomic mass is 10.0. The summed E-state index contributed by atoms with van der Waals surface area (Å²) in [6, 6.07) is 19.7. The van der Waals surface area contributed by atoms with E-state index in [0.29, 0.717) is 52.0 Å². The Morgan fingerprint density at radius 1 is 1.02 bits per heavy atom. The van der Waals surface area contributed by atoms with E-state index >= 15 is 0 Å². The fourth-order valence-electron chi connectivity index (χ4n) is 6.19. The standard InChI is InChI=1S/C32H24N8O3/c33-29-21(3-1-10-34-29)30-36-25-7-9-27(39-12-2-11-35-39)37-31(25)40(30)19-5-6-20-22(14-19)23-15-24(23)28(20)38-32(43)17-4-8-26(42)18(13-17)16-41/h1-14,16,23-24,28,42H,15H2,(H2,33,34)(H,38,43). The Labute approximate surface area is 244 Å². The van der Waals surface area contributed by atoms with E-state index in [1.807, 2.05) is 47.2 Å². The van der Waals surface area contributed by atoms with Gasteiger partial charge in [-0.3, -0.25) is 14.2 Å². The number of fused-ring (bicyclic) bond motifs is 4. The Balaban J connectivity index is 1.21. The number of hydrogen-bond donors (Lipinski definition) is 3. The molecule has 1 amide bonds. The van der Waals surface area contributed by atoms with Gasteiger partial charge in [0.2, 0.25) is 0 Å². The summed E-state index contributed by atoms with van der Waals surface area (Å²) in [6.07, 6.45) is 6.69. The molecule has 0 aliphatic heterocycles. The first-order chi connectivity index (χ1) is 21.0. The molecular weight excluding hydrogens is 544 g/mol. The van der Waals surface area contributed by atoms with Gasteiger partial charge in [-0.2, -0.15) is 5.10 Å². The Hall–Kier alpha value is -5.84. The molecule has 8 rings (SSSR count). The number of nitrogens with two attached hydrogens (primary N) is 1. The quantitative estimate of drug-likeness (QED) is 0.251. The van der Waals surface area contributed by atoms with Crippen LogP contribution in [-0.4, -0.2) is 46.6 Å². The summed E-state index contributed by atoms with van der Waals surface area (Å²) < 4.78 is 3.70. The number of benzene rings is 2. The second kappa shape index (κ2) is 9.35. The van der Waals surface area contributed by atoms with Gasteiger partial charge in [0.1, 0.15) is 17.1 Å². The highest BCUT2D eigenvalue weighted by molar-refractivity contribution is 5.97. The van der Waals surface area contributed by atoms with Gasteiger partial charge in [-0.15, -0.1) is 0 Å². The summed E-state index contributed by atoms with van der Waals surface area (Å²) in [5.74, 6) is 1.81. The summed E-state index contributed by atoms with van der Waals surface area (Å²) in [4.78, 5) is 38.6. The zero-order valence-electron chi connectivity index (χ0n) is 22.6. The number of carbonyl (C=O) groups is 2. The number of pyridine rings is 2. The normalized spacial score (nSPS) is 18.3. The summed E-state index contributed by atoms with van der Waals surface area (Å²) in [5, 5.41) is 17.3. The molecule has 1 fully saturated rings. The molecule has 11 heteroatoms. The van der Waals surface area contributed by atoms with E-state index in [-0.39, 0.29) is 29.2 Å². The van der Waals surface area contributed by atoms with Crippen molar-refractivity contribution in [2.75, 3.05) is 5.73 Å². The summed E-state index contributed by atoms with van der Waals surface area (Å²) in [7, 11) is 0. The number of nitrogens with zero attached hydrogens (tertiary/aromatic N) is 6. The van der Waals surface area contributed by atoms with Crippen LogP contribution >= 0.6 is 0 Å². The number of nitrogens with one attached hydrogen (secondary N) is 1. The highest BCUT2D eigenvalue weighted by atomic mass is 16.3. The van der Waals surface area contributed by atoms with Crippen molar-refractivity contribution in [3.8, 4) is 28.6 Å². The highest BCUT2D eigenvalue weighted by Gasteiger charge is 2.52. The predicted molar refractivity (Wildman–Crippen MR) is 158 cm³/mol. The van der Waals surface area contributed by atoms with Gasteiger partial charge in [-0.1, -0.05) is 6.07 Å². The smallest absolute Gasteiger partial charge is 0.251 e. The van der Waals surface area contributed by atoms with E-state index in [4.69, 9.17) is 15.7 Å². The third-order valence-corrected chi connectivity index (χ3v) is 8.34. The first-order valence-electron chi connectivity index (χ1n) is 13.8. The second-order valence-corrected chi connectivity index (χ2v) is 10.8. The molecule has 210 valence electrons. The minimum atomic E-state index is -0.291. The number of amides is 1. The molecule has 4 aromatic heterocycles. The molecular formula is C32H24N8O3. The fraction of sp³-hybridized carbons (Fsp3) is 0.125. The van der Waals surface area contributed by atoms with Crippen molar-refractivity contribution in [1.29, 1.82) is 0 Å². The van der Waals surface area contributed by atoms with Crippen molar-refractivity contribution in [3.63, 3.8) is 0 Å². The number of imidazole rings is 1. The number of phenolic OH excluding ortho intramolecular Hbond substituents is 1. The predicted octanol–water partition coefficient (Wildman–Crippen LogP) is 4.36. The van der Waals surface area contributed by atoms with Crippen LogP contribution in [0.15, 0.2) is 85.3 Å². The zero-order chi connectivity index (χ0) is 29.2. The number of hydrogen-bond acceptors (Lipinski definition) is 8. The van der Waals surface area contributed by atoms with Crippen molar-refractivity contribution >= 4 is 29.2 Å². The summed E-state index contributed by atoms with van der Waals surface area (Å²) in [6.45, 7) is 0. The van der Waals surface area contributed by atoms with E-state index in [1.54, 1.807) is 17.1 Å². The molecule has 6 aromatic rings. The number of phenols is 1. The molecule has 0 saturated heterocycles. The first-order valence-corrected chi connectivity index (χ1v) is 13.8. The van der Waals surface area contributed by atoms with Gasteiger partial charge in [0, 0.05) is 29.8 Å². The Morgan fingerprint density at radius 2 is 1.93 bits per heavy atom. The molecule has 11 nitrogen and oxygen atoms in total. The van der Waals surface area contributed by atoms with Crippen LogP contribution in [0.5, 0.6) is 5.75 Å². The van der Waals surface area contributed by atoms with E-state index in [0.717, 1.165) is 17.7 Å². The minimum Gasteiger partial charge on any atom is -0.507 e. The maximum atomic E-state index is 13.2. The van der Waals surface area contributed by atoms with Crippen LogP contribution in [0, 0.1) is 5.92 Å². The number of aldehydes is 1. The van der Waals surface area contributed by atoms with Crippen LogP contribution in [-0.2, 0) is 0 Å². The van der Waals surface area contributed by atoms with Crippen molar-refractivity contribution in [2.24, 2.45) is 5.92 Å². The van der Waals surface area contributed by atoms with Crippen LogP contribution in [0.25, 0.3) is 34.1 Å². The van der Waals surface area contributed by atoms with E-state index in [9.17, 15) is 14.7 Å². The Bertz CT molecular complexity index is 2080. The van der Waals surface area contributed by atoms with Gasteiger partial charge in [0.25, 0.3) is 5.91 Å². The number of aromatic nitrogens is 6. The molecule has 3 unspecified atom stereocenters. The van der Waals surface area contributed by atoms with E-state index in [2.05, 4.69) is 27.5 Å². The van der Waals surface area contributed by atoms with Crippen LogP contribution in [0.4, 0.5) is 5.82 Å². The van der Waals surface area contributed by atoms with Gasteiger partial charge < -0.3 is 16.2 Å².